The van der Waals surface area contributed by atoms with E-state index in [1.807, 2.05) is 13.8 Å². The summed E-state index contributed by atoms with van der Waals surface area (Å²) in [7, 11) is 0. The highest BCUT2D eigenvalue weighted by Gasteiger charge is 2.13. The maximum Gasteiger partial charge on any atom is 0.251 e. The smallest absolute Gasteiger partial charge is 0.251 e. The van der Waals surface area contributed by atoms with Gasteiger partial charge in [0.2, 0.25) is 0 Å². The van der Waals surface area contributed by atoms with E-state index in [0.717, 1.165) is 12.1 Å². The molecule has 0 fully saturated rings. The fraction of sp³-hybridized carbons (Fsp3) is 0.538. The van der Waals surface area contributed by atoms with Crippen LogP contribution in [-0.4, -0.2) is 16.9 Å². The Bertz CT molecular complexity index is 402. The van der Waals surface area contributed by atoms with Gasteiger partial charge in [-0.2, -0.15) is 0 Å². The van der Waals surface area contributed by atoms with Crippen LogP contribution in [0.15, 0.2) is 12.1 Å². The van der Waals surface area contributed by atoms with E-state index in [2.05, 4.69) is 24.1 Å². The Morgan fingerprint density at radius 3 is 2.59 bits per heavy atom. The Morgan fingerprint density at radius 2 is 2.06 bits per heavy atom. The summed E-state index contributed by atoms with van der Waals surface area (Å²) >= 11 is 0. The lowest BCUT2D eigenvalue weighted by Crippen LogP contribution is -2.36. The number of rotatable bonds is 4. The van der Waals surface area contributed by atoms with Gasteiger partial charge < -0.3 is 11.1 Å². The molecule has 1 rings (SSSR count). The molecular formula is C13H21N3O. The number of hydrogen-bond acceptors (Lipinski definition) is 3. The molecule has 0 saturated carbocycles. The number of carbonyl (C=O) groups excluding carboxylic acids is 1. The molecule has 3 N–H and O–H groups in total. The number of nitrogens with two attached hydrogens (primary N) is 1. The van der Waals surface area contributed by atoms with Gasteiger partial charge >= 0.3 is 0 Å². The zero-order chi connectivity index (χ0) is 13.0. The number of pyridine rings is 1. The van der Waals surface area contributed by atoms with E-state index in [1.54, 1.807) is 12.1 Å². The predicted octanol–water partition coefficient (Wildman–Crippen LogP) is 2.00. The Kier molecular flexibility index (Phi) is 4.49. The van der Waals surface area contributed by atoms with Crippen LogP contribution in [0.25, 0.3) is 0 Å². The summed E-state index contributed by atoms with van der Waals surface area (Å²) in [5.74, 6) is 0.713. The first-order chi connectivity index (χ1) is 7.93. The maximum absolute atomic E-state index is 12.0. The van der Waals surface area contributed by atoms with Crippen molar-refractivity contribution in [3.05, 3.63) is 23.4 Å². The summed E-state index contributed by atoms with van der Waals surface area (Å²) in [6.45, 7) is 8.13. The topological polar surface area (TPSA) is 68.0 Å². The van der Waals surface area contributed by atoms with Crippen molar-refractivity contribution >= 4 is 11.7 Å². The maximum atomic E-state index is 12.0. The third-order valence-corrected chi connectivity index (χ3v) is 2.88. The molecule has 0 aromatic carbocycles. The second-order valence-electron chi connectivity index (χ2n) is 4.63. The summed E-state index contributed by atoms with van der Waals surface area (Å²) in [5.41, 5.74) is 7.10. The Morgan fingerprint density at radius 1 is 1.41 bits per heavy atom. The lowest BCUT2D eigenvalue weighted by atomic mass is 10.1. The molecule has 17 heavy (non-hydrogen) atoms. The highest BCUT2D eigenvalue weighted by atomic mass is 16.1. The van der Waals surface area contributed by atoms with E-state index < -0.39 is 0 Å². The SMILES string of the molecule is CCc1cc(C(=O)NC(C)C(C)C)cc(N)n1. The molecule has 0 aliphatic carbocycles. The predicted molar refractivity (Wildman–Crippen MR) is 69.8 cm³/mol. The van der Waals surface area contributed by atoms with Gasteiger partial charge in [0.1, 0.15) is 5.82 Å². The van der Waals surface area contributed by atoms with Gasteiger partial charge in [-0.05, 0) is 31.4 Å². The molecular weight excluding hydrogens is 214 g/mol. The molecule has 4 heteroatoms. The van der Waals surface area contributed by atoms with Crippen LogP contribution in [0.4, 0.5) is 5.82 Å². The summed E-state index contributed by atoms with van der Waals surface area (Å²) in [6, 6.07) is 3.54. The number of anilines is 1. The minimum absolute atomic E-state index is 0.0880. The molecule has 1 atom stereocenters. The summed E-state index contributed by atoms with van der Waals surface area (Å²) in [6.07, 6.45) is 0.769. The van der Waals surface area contributed by atoms with E-state index in [4.69, 9.17) is 5.73 Å². The number of nitrogens with zero attached hydrogens (tertiary/aromatic N) is 1. The monoisotopic (exact) mass is 235 g/mol. The van der Waals surface area contributed by atoms with Gasteiger partial charge in [-0.25, -0.2) is 4.98 Å². The van der Waals surface area contributed by atoms with E-state index in [0.29, 0.717) is 17.3 Å². The first-order valence-electron chi connectivity index (χ1n) is 6.01. The number of nitrogens with one attached hydrogen (secondary N) is 1. The highest BCUT2D eigenvalue weighted by Crippen LogP contribution is 2.09. The lowest BCUT2D eigenvalue weighted by Gasteiger charge is -2.17. The number of hydrogen-bond donors (Lipinski definition) is 2. The van der Waals surface area contributed by atoms with Gasteiger partial charge in [0.05, 0.1) is 0 Å². The molecule has 1 aromatic heterocycles. The van der Waals surface area contributed by atoms with Crippen LogP contribution in [0.5, 0.6) is 0 Å². The standard InChI is InChI=1S/C13H21N3O/c1-5-11-6-10(7-12(14)16-11)13(17)15-9(4)8(2)3/h6-9H,5H2,1-4H3,(H2,14,16)(H,15,17). The van der Waals surface area contributed by atoms with Crippen molar-refractivity contribution in [3.8, 4) is 0 Å². The van der Waals surface area contributed by atoms with E-state index >= 15 is 0 Å². The van der Waals surface area contributed by atoms with Gasteiger partial charge in [-0.3, -0.25) is 4.79 Å². The molecule has 0 bridgehead atoms. The van der Waals surface area contributed by atoms with E-state index in [1.165, 1.54) is 0 Å². The minimum atomic E-state index is -0.0880. The molecule has 1 heterocycles. The first-order valence-corrected chi connectivity index (χ1v) is 6.01. The van der Waals surface area contributed by atoms with Crippen molar-refractivity contribution in [2.45, 2.75) is 40.2 Å². The average Bonchev–Trinajstić information content (AvgIpc) is 2.27. The van der Waals surface area contributed by atoms with Gasteiger partial charge in [-0.15, -0.1) is 0 Å². The van der Waals surface area contributed by atoms with Crippen LogP contribution in [0.3, 0.4) is 0 Å². The average molecular weight is 235 g/mol. The minimum Gasteiger partial charge on any atom is -0.384 e. The third kappa shape index (κ3) is 3.73. The van der Waals surface area contributed by atoms with Crippen LogP contribution < -0.4 is 11.1 Å². The lowest BCUT2D eigenvalue weighted by molar-refractivity contribution is 0.0930. The normalized spacial score (nSPS) is 12.5. The van der Waals surface area contributed by atoms with Crippen molar-refractivity contribution in [1.82, 2.24) is 10.3 Å². The summed E-state index contributed by atoms with van der Waals surface area (Å²) in [4.78, 5) is 16.1. The van der Waals surface area contributed by atoms with Crippen LogP contribution in [0.1, 0.15) is 43.7 Å². The zero-order valence-electron chi connectivity index (χ0n) is 10.9. The molecule has 4 nitrogen and oxygen atoms in total. The quantitative estimate of drug-likeness (QED) is 0.838. The largest absolute Gasteiger partial charge is 0.384 e. The van der Waals surface area contributed by atoms with Crippen molar-refractivity contribution in [2.24, 2.45) is 5.92 Å². The molecule has 1 aromatic rings. The Labute approximate surface area is 103 Å². The van der Waals surface area contributed by atoms with Gasteiger partial charge in [0.15, 0.2) is 0 Å². The Hall–Kier alpha value is -1.58. The van der Waals surface area contributed by atoms with Crippen molar-refractivity contribution in [1.29, 1.82) is 0 Å². The molecule has 0 aliphatic heterocycles. The van der Waals surface area contributed by atoms with Gasteiger partial charge in [0, 0.05) is 17.3 Å². The summed E-state index contributed by atoms with van der Waals surface area (Å²) in [5, 5.41) is 2.95. The van der Waals surface area contributed by atoms with E-state index in [-0.39, 0.29) is 11.9 Å². The van der Waals surface area contributed by atoms with Crippen molar-refractivity contribution in [3.63, 3.8) is 0 Å². The number of aromatic nitrogens is 1. The molecule has 0 radical (unpaired) electrons. The van der Waals surface area contributed by atoms with Crippen molar-refractivity contribution < 1.29 is 4.79 Å². The highest BCUT2D eigenvalue weighted by molar-refractivity contribution is 5.95. The second kappa shape index (κ2) is 5.66. The molecule has 1 amide bonds. The molecule has 1 unspecified atom stereocenters. The molecule has 0 aliphatic rings. The van der Waals surface area contributed by atoms with Crippen molar-refractivity contribution in [2.75, 3.05) is 5.73 Å². The van der Waals surface area contributed by atoms with Crippen LogP contribution >= 0.6 is 0 Å². The van der Waals surface area contributed by atoms with Gasteiger partial charge in [-0.1, -0.05) is 20.8 Å². The summed E-state index contributed by atoms with van der Waals surface area (Å²) < 4.78 is 0. The number of carbonyl (C=O) groups is 1. The van der Waals surface area contributed by atoms with E-state index in [9.17, 15) is 4.79 Å². The molecule has 0 spiro atoms. The number of nitrogen functional groups attached to an aromatic ring is 1. The van der Waals surface area contributed by atoms with Crippen LogP contribution in [0, 0.1) is 5.92 Å². The fourth-order valence-electron chi connectivity index (χ4n) is 1.38. The number of aryl methyl sites for hydroxylation is 1. The number of amides is 1. The first kappa shape index (κ1) is 13.5. The zero-order valence-corrected chi connectivity index (χ0v) is 10.9. The Balaban J connectivity index is 2.85. The second-order valence-corrected chi connectivity index (χ2v) is 4.63. The van der Waals surface area contributed by atoms with Crippen LogP contribution in [0.2, 0.25) is 0 Å². The fourth-order valence-corrected chi connectivity index (χ4v) is 1.38. The third-order valence-electron chi connectivity index (χ3n) is 2.88. The van der Waals surface area contributed by atoms with Crippen LogP contribution in [-0.2, 0) is 6.42 Å². The van der Waals surface area contributed by atoms with Gasteiger partial charge in [0.25, 0.3) is 5.91 Å². The molecule has 94 valence electrons. The molecule has 0 saturated heterocycles.